The van der Waals surface area contributed by atoms with Crippen molar-refractivity contribution in [3.63, 3.8) is 0 Å². The summed E-state index contributed by atoms with van der Waals surface area (Å²) in [6.45, 7) is 0. The number of benzene rings is 1. The third-order valence-corrected chi connectivity index (χ3v) is 2.93. The summed E-state index contributed by atoms with van der Waals surface area (Å²) in [5.41, 5.74) is -0.500. The smallest absolute Gasteiger partial charge is 0.354 e. The van der Waals surface area contributed by atoms with Gasteiger partial charge in [0.25, 0.3) is 5.69 Å². The zero-order valence-corrected chi connectivity index (χ0v) is 11.6. The summed E-state index contributed by atoms with van der Waals surface area (Å²) in [6, 6.07) is 4.75. The van der Waals surface area contributed by atoms with E-state index in [1.165, 1.54) is 18.3 Å². The van der Waals surface area contributed by atoms with Crippen LogP contribution >= 0.6 is 23.2 Å². The van der Waals surface area contributed by atoms with E-state index in [1.54, 1.807) is 0 Å². The predicted molar refractivity (Wildman–Crippen MR) is 74.4 cm³/mol. The molecule has 2 aromatic rings. The predicted octanol–water partition coefficient (Wildman–Crippen LogP) is 3.79. The van der Waals surface area contributed by atoms with Gasteiger partial charge in [-0.2, -0.15) is 0 Å². The molecule has 0 aliphatic carbocycles. The first-order valence-electron chi connectivity index (χ1n) is 5.39. The number of nitro groups is 1. The van der Waals surface area contributed by atoms with Crippen molar-refractivity contribution >= 4 is 34.9 Å². The van der Waals surface area contributed by atoms with Gasteiger partial charge in [0.05, 0.1) is 15.0 Å². The molecule has 0 aliphatic heterocycles. The molecule has 0 fully saturated rings. The average Bonchev–Trinajstić information content (AvgIpc) is 2.42. The van der Waals surface area contributed by atoms with E-state index in [0.29, 0.717) is 0 Å². The van der Waals surface area contributed by atoms with Gasteiger partial charge in [-0.1, -0.05) is 23.2 Å². The molecule has 1 heterocycles. The lowest BCUT2D eigenvalue weighted by atomic mass is 10.3. The van der Waals surface area contributed by atoms with Crippen molar-refractivity contribution in [2.45, 2.75) is 0 Å². The standard InChI is InChI=1S/C12H6Cl2N2O5/c13-8-3-6(16(19)20)4-9(14)11(8)21-7-1-2-15-10(5-7)12(17)18/h1-5H,(H,17,18). The molecule has 9 heteroatoms. The topological polar surface area (TPSA) is 103 Å². The fraction of sp³-hybridized carbons (Fsp3) is 0. The number of non-ortho nitro benzene ring substituents is 1. The number of rotatable bonds is 4. The molecule has 0 radical (unpaired) electrons. The zero-order chi connectivity index (χ0) is 15.6. The maximum absolute atomic E-state index is 10.8. The molecule has 1 N–H and O–H groups in total. The van der Waals surface area contributed by atoms with Crippen LogP contribution in [0, 0.1) is 10.1 Å². The fourth-order valence-corrected chi connectivity index (χ4v) is 2.01. The molecule has 0 saturated carbocycles. The van der Waals surface area contributed by atoms with Crippen LogP contribution in [-0.4, -0.2) is 21.0 Å². The molecule has 0 unspecified atom stereocenters. The van der Waals surface area contributed by atoms with E-state index >= 15 is 0 Å². The Balaban J connectivity index is 2.38. The maximum Gasteiger partial charge on any atom is 0.354 e. The minimum Gasteiger partial charge on any atom is -0.477 e. The molecule has 0 saturated heterocycles. The van der Waals surface area contributed by atoms with E-state index in [2.05, 4.69) is 4.98 Å². The van der Waals surface area contributed by atoms with Crippen molar-refractivity contribution < 1.29 is 19.6 Å². The molecular weight excluding hydrogens is 323 g/mol. The van der Waals surface area contributed by atoms with E-state index in [9.17, 15) is 14.9 Å². The molecule has 1 aromatic heterocycles. The zero-order valence-electron chi connectivity index (χ0n) is 10.1. The van der Waals surface area contributed by atoms with E-state index < -0.39 is 10.9 Å². The number of hydrogen-bond acceptors (Lipinski definition) is 5. The van der Waals surface area contributed by atoms with Gasteiger partial charge in [-0.25, -0.2) is 9.78 Å². The highest BCUT2D eigenvalue weighted by molar-refractivity contribution is 6.37. The van der Waals surface area contributed by atoms with Gasteiger partial charge in [-0.05, 0) is 6.07 Å². The summed E-state index contributed by atoms with van der Waals surface area (Å²) >= 11 is 11.8. The molecule has 0 spiro atoms. The van der Waals surface area contributed by atoms with E-state index in [1.807, 2.05) is 0 Å². The van der Waals surface area contributed by atoms with Crippen molar-refractivity contribution in [1.82, 2.24) is 4.98 Å². The molecule has 21 heavy (non-hydrogen) atoms. The third kappa shape index (κ3) is 3.39. The second-order valence-corrected chi connectivity index (χ2v) is 4.59. The van der Waals surface area contributed by atoms with Gasteiger partial charge in [0, 0.05) is 24.4 Å². The number of hydrogen-bond donors (Lipinski definition) is 1. The fourth-order valence-electron chi connectivity index (χ4n) is 1.46. The number of carboxylic acids is 1. The van der Waals surface area contributed by atoms with Crippen molar-refractivity contribution in [3.8, 4) is 11.5 Å². The summed E-state index contributed by atoms with van der Waals surface area (Å²) in [7, 11) is 0. The van der Waals surface area contributed by atoms with Gasteiger partial charge < -0.3 is 9.84 Å². The lowest BCUT2D eigenvalue weighted by Crippen LogP contribution is -2.00. The number of carboxylic acid groups (broad SMARTS) is 1. The van der Waals surface area contributed by atoms with Crippen LogP contribution in [-0.2, 0) is 0 Å². The molecule has 2 rings (SSSR count). The Bertz CT molecular complexity index is 712. The quantitative estimate of drug-likeness (QED) is 0.676. The van der Waals surface area contributed by atoms with Crippen molar-refractivity contribution in [1.29, 1.82) is 0 Å². The van der Waals surface area contributed by atoms with Crippen molar-refractivity contribution in [2.24, 2.45) is 0 Å². The van der Waals surface area contributed by atoms with Gasteiger partial charge >= 0.3 is 5.97 Å². The molecule has 0 aliphatic rings. The van der Waals surface area contributed by atoms with Crippen LogP contribution in [0.25, 0.3) is 0 Å². The Morgan fingerprint density at radius 1 is 1.29 bits per heavy atom. The maximum atomic E-state index is 10.8. The second-order valence-electron chi connectivity index (χ2n) is 3.78. The Morgan fingerprint density at radius 3 is 2.43 bits per heavy atom. The monoisotopic (exact) mass is 328 g/mol. The number of carbonyl (C=O) groups is 1. The first-order valence-corrected chi connectivity index (χ1v) is 6.14. The second kappa shape index (κ2) is 5.94. The molecule has 7 nitrogen and oxygen atoms in total. The van der Waals surface area contributed by atoms with Gasteiger partial charge in [-0.3, -0.25) is 10.1 Å². The van der Waals surface area contributed by atoms with Crippen LogP contribution in [0.2, 0.25) is 10.0 Å². The number of aromatic carboxylic acids is 1. The Morgan fingerprint density at radius 2 is 1.90 bits per heavy atom. The third-order valence-electron chi connectivity index (χ3n) is 2.36. The number of ether oxygens (including phenoxy) is 1. The van der Waals surface area contributed by atoms with Gasteiger partial charge in [-0.15, -0.1) is 0 Å². The highest BCUT2D eigenvalue weighted by atomic mass is 35.5. The molecule has 108 valence electrons. The molecule has 0 bridgehead atoms. The molecule has 0 amide bonds. The molecular formula is C12H6Cl2N2O5. The van der Waals surface area contributed by atoms with Crippen molar-refractivity contribution in [2.75, 3.05) is 0 Å². The number of nitrogens with zero attached hydrogens (tertiary/aromatic N) is 2. The lowest BCUT2D eigenvalue weighted by molar-refractivity contribution is -0.384. The highest BCUT2D eigenvalue weighted by Gasteiger charge is 2.17. The van der Waals surface area contributed by atoms with Gasteiger partial charge in [0.1, 0.15) is 5.75 Å². The SMILES string of the molecule is O=C(O)c1cc(Oc2c(Cl)cc([N+](=O)[O-])cc2Cl)ccn1. The summed E-state index contributed by atoms with van der Waals surface area (Å²) < 4.78 is 5.38. The largest absolute Gasteiger partial charge is 0.477 e. The van der Waals surface area contributed by atoms with Crippen LogP contribution in [0.1, 0.15) is 10.5 Å². The minimum absolute atomic E-state index is 0.00790. The average molecular weight is 329 g/mol. The lowest BCUT2D eigenvalue weighted by Gasteiger charge is -2.09. The summed E-state index contributed by atoms with van der Waals surface area (Å²) in [5, 5.41) is 19.4. The van der Waals surface area contributed by atoms with Crippen LogP contribution in [0.15, 0.2) is 30.5 Å². The number of pyridine rings is 1. The summed E-state index contributed by atoms with van der Waals surface area (Å²) in [5.74, 6) is -1.09. The number of aromatic nitrogens is 1. The van der Waals surface area contributed by atoms with Crippen LogP contribution in [0.5, 0.6) is 11.5 Å². The van der Waals surface area contributed by atoms with Gasteiger partial charge in [0.2, 0.25) is 0 Å². The minimum atomic E-state index is -1.22. The Hall–Kier alpha value is -2.38. The van der Waals surface area contributed by atoms with Crippen LogP contribution in [0.4, 0.5) is 5.69 Å². The van der Waals surface area contributed by atoms with Crippen LogP contribution < -0.4 is 4.74 Å². The van der Waals surface area contributed by atoms with E-state index in [0.717, 1.165) is 12.1 Å². The van der Waals surface area contributed by atoms with E-state index in [-0.39, 0.29) is 32.9 Å². The molecule has 0 atom stereocenters. The summed E-state index contributed by atoms with van der Waals surface area (Å²) in [4.78, 5) is 24.5. The highest BCUT2D eigenvalue weighted by Crippen LogP contribution is 2.39. The van der Waals surface area contributed by atoms with E-state index in [4.69, 9.17) is 33.0 Å². The number of halogens is 2. The van der Waals surface area contributed by atoms with Crippen LogP contribution in [0.3, 0.4) is 0 Å². The number of nitro benzene ring substituents is 1. The Kier molecular flexibility index (Phi) is 4.25. The first kappa shape index (κ1) is 15.0. The summed E-state index contributed by atoms with van der Waals surface area (Å²) in [6.07, 6.45) is 1.24. The Labute approximate surface area is 127 Å². The molecule has 1 aromatic carbocycles. The van der Waals surface area contributed by atoms with Crippen molar-refractivity contribution in [3.05, 3.63) is 56.3 Å². The normalized spacial score (nSPS) is 10.2. The first-order chi connectivity index (χ1) is 9.88. The van der Waals surface area contributed by atoms with Gasteiger partial charge in [0.15, 0.2) is 11.4 Å².